The van der Waals surface area contributed by atoms with E-state index in [1.54, 1.807) is 6.07 Å². The summed E-state index contributed by atoms with van der Waals surface area (Å²) < 4.78 is 25.7. The van der Waals surface area contributed by atoms with Crippen molar-refractivity contribution in [1.82, 2.24) is 14.9 Å². The van der Waals surface area contributed by atoms with E-state index in [2.05, 4.69) is 14.9 Å². The molecule has 1 aromatic heterocycles. The van der Waals surface area contributed by atoms with Crippen molar-refractivity contribution < 1.29 is 13.3 Å². The molecule has 106 valence electrons. The molecule has 0 amide bonds. The molecule has 0 unspecified atom stereocenters. The third-order valence-electron chi connectivity index (χ3n) is 2.24. The van der Waals surface area contributed by atoms with E-state index in [4.69, 9.17) is 5.73 Å². The first-order chi connectivity index (χ1) is 9.38. The number of nitro benzene ring substituents is 1. The van der Waals surface area contributed by atoms with E-state index < -0.39 is 14.9 Å². The SMILES string of the molecule is Nc1nnc(S(=O)(=O)NCc2cccc([N+](=O)[O-])c2)s1. The van der Waals surface area contributed by atoms with Crippen LogP contribution >= 0.6 is 11.3 Å². The van der Waals surface area contributed by atoms with E-state index >= 15 is 0 Å². The molecule has 3 N–H and O–H groups in total. The molecule has 0 aliphatic rings. The summed E-state index contributed by atoms with van der Waals surface area (Å²) in [6, 6.07) is 5.66. The number of anilines is 1. The zero-order valence-electron chi connectivity index (χ0n) is 9.88. The van der Waals surface area contributed by atoms with Crippen molar-refractivity contribution in [3.8, 4) is 0 Å². The molecule has 0 aliphatic heterocycles. The van der Waals surface area contributed by atoms with Crippen molar-refractivity contribution in [2.75, 3.05) is 5.73 Å². The lowest BCUT2D eigenvalue weighted by Gasteiger charge is -2.03. The lowest BCUT2D eigenvalue weighted by atomic mass is 10.2. The predicted octanol–water partition coefficient (Wildman–Crippen LogP) is 0.507. The maximum atomic E-state index is 11.8. The summed E-state index contributed by atoms with van der Waals surface area (Å²) in [5.41, 5.74) is 5.66. The number of non-ortho nitro benzene ring substituents is 1. The van der Waals surface area contributed by atoms with Crippen molar-refractivity contribution in [3.05, 3.63) is 39.9 Å². The van der Waals surface area contributed by atoms with Crippen molar-refractivity contribution in [3.63, 3.8) is 0 Å². The number of hydrogen-bond acceptors (Lipinski definition) is 8. The number of nitrogens with one attached hydrogen (secondary N) is 1. The van der Waals surface area contributed by atoms with Gasteiger partial charge in [0.25, 0.3) is 15.7 Å². The molecular formula is C9H9N5O4S2. The van der Waals surface area contributed by atoms with Gasteiger partial charge in [-0.1, -0.05) is 23.5 Å². The predicted molar refractivity (Wildman–Crippen MR) is 71.4 cm³/mol. The van der Waals surface area contributed by atoms with E-state index in [0.29, 0.717) is 5.56 Å². The van der Waals surface area contributed by atoms with E-state index in [1.807, 2.05) is 0 Å². The molecule has 0 saturated heterocycles. The third kappa shape index (κ3) is 3.26. The van der Waals surface area contributed by atoms with Crippen LogP contribution in [0.5, 0.6) is 0 Å². The Morgan fingerprint density at radius 2 is 2.15 bits per heavy atom. The lowest BCUT2D eigenvalue weighted by Crippen LogP contribution is -2.23. The molecule has 9 nitrogen and oxygen atoms in total. The summed E-state index contributed by atoms with van der Waals surface area (Å²) in [6.45, 7) is -0.0938. The third-order valence-corrected chi connectivity index (χ3v) is 4.76. The molecule has 0 bridgehead atoms. The van der Waals surface area contributed by atoms with Crippen LogP contribution in [0.4, 0.5) is 10.8 Å². The van der Waals surface area contributed by atoms with Crippen molar-refractivity contribution in [2.24, 2.45) is 0 Å². The highest BCUT2D eigenvalue weighted by Gasteiger charge is 2.19. The van der Waals surface area contributed by atoms with Crippen LogP contribution in [0.2, 0.25) is 0 Å². The largest absolute Gasteiger partial charge is 0.374 e. The average Bonchev–Trinajstić information content (AvgIpc) is 2.84. The molecule has 1 aromatic carbocycles. The second-order valence-electron chi connectivity index (χ2n) is 3.66. The number of nitrogen functional groups attached to an aromatic ring is 1. The standard InChI is InChI=1S/C9H9N5O4S2/c10-8-12-13-9(19-8)20(17,18)11-5-6-2-1-3-7(4-6)14(15)16/h1-4,11H,5H2,(H2,10,12). The summed E-state index contributed by atoms with van der Waals surface area (Å²) in [7, 11) is -3.83. The number of benzene rings is 1. The van der Waals surface area contributed by atoms with Crippen LogP contribution in [0.25, 0.3) is 0 Å². The second kappa shape index (κ2) is 5.48. The zero-order valence-corrected chi connectivity index (χ0v) is 11.5. The van der Waals surface area contributed by atoms with Gasteiger partial charge in [-0.25, -0.2) is 13.1 Å². The highest BCUT2D eigenvalue weighted by atomic mass is 32.2. The highest BCUT2D eigenvalue weighted by Crippen LogP contribution is 2.17. The van der Waals surface area contributed by atoms with Crippen molar-refractivity contribution in [1.29, 1.82) is 0 Å². The Morgan fingerprint density at radius 1 is 1.40 bits per heavy atom. The smallest absolute Gasteiger partial charge is 0.270 e. The number of hydrogen-bond donors (Lipinski definition) is 2. The summed E-state index contributed by atoms with van der Waals surface area (Å²) in [6.07, 6.45) is 0. The number of sulfonamides is 1. The van der Waals surface area contributed by atoms with Crippen LogP contribution in [0.3, 0.4) is 0 Å². The molecule has 11 heteroatoms. The number of nitrogens with two attached hydrogens (primary N) is 1. The highest BCUT2D eigenvalue weighted by molar-refractivity contribution is 7.91. The Hall–Kier alpha value is -2.11. The van der Waals surface area contributed by atoms with Crippen LogP contribution in [0.1, 0.15) is 5.56 Å². The number of rotatable bonds is 5. The number of nitrogens with zero attached hydrogens (tertiary/aromatic N) is 3. The minimum Gasteiger partial charge on any atom is -0.374 e. The summed E-state index contributed by atoms with van der Waals surface area (Å²) in [5.74, 6) is 0. The molecule has 2 aromatic rings. The van der Waals surface area contributed by atoms with Gasteiger partial charge in [-0.3, -0.25) is 10.1 Å². The second-order valence-corrected chi connectivity index (χ2v) is 6.61. The molecule has 0 atom stereocenters. The van der Waals surface area contributed by atoms with Crippen LogP contribution in [0.15, 0.2) is 28.6 Å². The molecule has 0 fully saturated rings. The van der Waals surface area contributed by atoms with Gasteiger partial charge in [0.1, 0.15) is 0 Å². The molecule has 2 rings (SSSR count). The first-order valence-corrected chi connectivity index (χ1v) is 7.50. The molecule has 1 heterocycles. The Morgan fingerprint density at radius 3 is 2.75 bits per heavy atom. The monoisotopic (exact) mass is 315 g/mol. The quantitative estimate of drug-likeness (QED) is 0.604. The van der Waals surface area contributed by atoms with Gasteiger partial charge in [0.15, 0.2) is 0 Å². The van der Waals surface area contributed by atoms with Crippen molar-refractivity contribution >= 4 is 32.2 Å². The molecule has 0 aliphatic carbocycles. The van der Waals surface area contributed by atoms with E-state index in [1.165, 1.54) is 18.2 Å². The summed E-state index contributed by atoms with van der Waals surface area (Å²) >= 11 is 0.735. The normalized spacial score (nSPS) is 11.4. The Labute approximate surface area is 117 Å². The van der Waals surface area contributed by atoms with Gasteiger partial charge < -0.3 is 5.73 Å². The van der Waals surface area contributed by atoms with Crippen LogP contribution in [-0.2, 0) is 16.6 Å². The number of aromatic nitrogens is 2. The van der Waals surface area contributed by atoms with Crippen LogP contribution in [0, 0.1) is 10.1 Å². The first kappa shape index (κ1) is 14.3. The minimum absolute atomic E-state index is 0.0423. The maximum absolute atomic E-state index is 11.8. The fraction of sp³-hybridized carbons (Fsp3) is 0.111. The lowest BCUT2D eigenvalue weighted by molar-refractivity contribution is -0.384. The Balaban J connectivity index is 2.12. The summed E-state index contributed by atoms with van der Waals surface area (Å²) in [4.78, 5) is 10.1. The Bertz CT molecular complexity index is 742. The minimum atomic E-state index is -3.83. The molecule has 0 spiro atoms. The van der Waals surface area contributed by atoms with Crippen molar-refractivity contribution in [2.45, 2.75) is 10.9 Å². The van der Waals surface area contributed by atoms with Gasteiger partial charge in [0.2, 0.25) is 9.47 Å². The molecule has 20 heavy (non-hydrogen) atoms. The van der Waals surface area contributed by atoms with Gasteiger partial charge in [-0.15, -0.1) is 10.2 Å². The average molecular weight is 315 g/mol. The maximum Gasteiger partial charge on any atom is 0.270 e. The number of nitro groups is 1. The van der Waals surface area contributed by atoms with Gasteiger partial charge in [-0.2, -0.15) is 0 Å². The fourth-order valence-electron chi connectivity index (χ4n) is 1.35. The topological polar surface area (TPSA) is 141 Å². The van der Waals surface area contributed by atoms with E-state index in [-0.39, 0.29) is 21.7 Å². The van der Waals surface area contributed by atoms with Gasteiger partial charge >= 0.3 is 0 Å². The van der Waals surface area contributed by atoms with Crippen LogP contribution in [-0.4, -0.2) is 23.5 Å². The molecule has 0 saturated carbocycles. The van der Waals surface area contributed by atoms with Gasteiger partial charge in [0.05, 0.1) is 4.92 Å². The van der Waals surface area contributed by atoms with Crippen LogP contribution < -0.4 is 10.5 Å². The van der Waals surface area contributed by atoms with Gasteiger partial charge in [-0.05, 0) is 5.56 Å². The first-order valence-electron chi connectivity index (χ1n) is 5.20. The van der Waals surface area contributed by atoms with E-state index in [9.17, 15) is 18.5 Å². The summed E-state index contributed by atoms with van der Waals surface area (Å²) in [5, 5.41) is 17.5. The zero-order chi connectivity index (χ0) is 14.8. The Kier molecular flexibility index (Phi) is 3.92. The van der Waals surface area contributed by atoms with Gasteiger partial charge in [0, 0.05) is 18.7 Å². The molecular weight excluding hydrogens is 306 g/mol. The van der Waals surface area contributed by atoms with E-state index in [0.717, 1.165) is 11.3 Å². The molecule has 0 radical (unpaired) electrons. The fourth-order valence-corrected chi connectivity index (χ4v) is 3.19.